The highest BCUT2D eigenvalue weighted by Crippen LogP contribution is 2.22. The molecule has 1 aliphatic rings. The summed E-state index contributed by atoms with van der Waals surface area (Å²) in [5, 5.41) is 0. The van der Waals surface area contributed by atoms with Crippen LogP contribution in [0.5, 0.6) is 0 Å². The van der Waals surface area contributed by atoms with Crippen molar-refractivity contribution in [3.05, 3.63) is 35.4 Å². The first-order valence-electron chi connectivity index (χ1n) is 7.63. The van der Waals surface area contributed by atoms with Gasteiger partial charge in [-0.3, -0.25) is 14.5 Å². The molecule has 1 heterocycles. The molecule has 0 bridgehead atoms. The summed E-state index contributed by atoms with van der Waals surface area (Å²) in [5.41, 5.74) is 0.666. The molecule has 126 valence electrons. The number of hydrogen-bond donors (Lipinski definition) is 0. The van der Waals surface area contributed by atoms with E-state index in [-0.39, 0.29) is 24.4 Å². The zero-order valence-corrected chi connectivity index (χ0v) is 14.6. The van der Waals surface area contributed by atoms with Gasteiger partial charge >= 0.3 is 0 Å². The average Bonchev–Trinajstić information content (AvgIpc) is 2.68. The van der Waals surface area contributed by atoms with Gasteiger partial charge in [0.05, 0.1) is 16.9 Å². The lowest BCUT2D eigenvalue weighted by molar-refractivity contribution is 0.0663. The fraction of sp³-hybridized carbons (Fsp3) is 0.500. The summed E-state index contributed by atoms with van der Waals surface area (Å²) < 4.78 is 26.5. The number of carbonyl (C=O) groups is 2. The summed E-state index contributed by atoms with van der Waals surface area (Å²) in [6.07, 6.45) is 0. The van der Waals surface area contributed by atoms with Gasteiger partial charge < -0.3 is 0 Å². The van der Waals surface area contributed by atoms with Crippen LogP contribution in [0, 0.1) is 0 Å². The minimum atomic E-state index is -3.56. The van der Waals surface area contributed by atoms with Gasteiger partial charge in [-0.2, -0.15) is 4.31 Å². The summed E-state index contributed by atoms with van der Waals surface area (Å²) in [7, 11) is -3.56. The van der Waals surface area contributed by atoms with Gasteiger partial charge in [-0.05, 0) is 39.8 Å². The molecule has 1 aliphatic heterocycles. The van der Waals surface area contributed by atoms with Crippen molar-refractivity contribution in [2.45, 2.75) is 39.8 Å². The van der Waals surface area contributed by atoms with Gasteiger partial charge in [-0.25, -0.2) is 8.42 Å². The molecule has 0 radical (unpaired) electrons. The first kappa shape index (κ1) is 17.6. The van der Waals surface area contributed by atoms with Gasteiger partial charge in [0.2, 0.25) is 10.0 Å². The van der Waals surface area contributed by atoms with Gasteiger partial charge in [-0.1, -0.05) is 12.1 Å². The van der Waals surface area contributed by atoms with Crippen LogP contribution in [-0.4, -0.2) is 53.8 Å². The Morgan fingerprint density at radius 1 is 0.957 bits per heavy atom. The first-order chi connectivity index (χ1) is 10.7. The van der Waals surface area contributed by atoms with Gasteiger partial charge in [0, 0.05) is 18.6 Å². The highest BCUT2D eigenvalue weighted by Gasteiger charge is 2.37. The number of benzene rings is 1. The molecule has 2 rings (SSSR count). The van der Waals surface area contributed by atoms with Crippen LogP contribution in [0.1, 0.15) is 48.4 Å². The fourth-order valence-corrected chi connectivity index (χ4v) is 4.90. The average molecular weight is 338 g/mol. The molecular formula is C16H22N2O4S. The maximum atomic E-state index is 12.5. The summed E-state index contributed by atoms with van der Waals surface area (Å²) >= 11 is 0. The van der Waals surface area contributed by atoms with Crippen LogP contribution in [0.4, 0.5) is 0 Å². The summed E-state index contributed by atoms with van der Waals surface area (Å²) in [4.78, 5) is 25.5. The summed E-state index contributed by atoms with van der Waals surface area (Å²) in [5.74, 6) is -1.13. The van der Waals surface area contributed by atoms with Gasteiger partial charge in [-0.15, -0.1) is 0 Å². The van der Waals surface area contributed by atoms with E-state index in [1.54, 1.807) is 52.0 Å². The van der Waals surface area contributed by atoms with E-state index < -0.39 is 21.8 Å². The predicted molar refractivity (Wildman–Crippen MR) is 87.7 cm³/mol. The van der Waals surface area contributed by atoms with Crippen LogP contribution >= 0.6 is 0 Å². The monoisotopic (exact) mass is 338 g/mol. The third-order valence-corrected chi connectivity index (χ3v) is 5.97. The van der Waals surface area contributed by atoms with E-state index in [1.807, 2.05) is 0 Å². The Hall–Kier alpha value is -1.73. The van der Waals surface area contributed by atoms with E-state index in [1.165, 1.54) is 4.31 Å². The lowest BCUT2D eigenvalue weighted by Crippen LogP contribution is -2.45. The van der Waals surface area contributed by atoms with E-state index in [4.69, 9.17) is 0 Å². The number of carbonyl (C=O) groups excluding carboxylic acids is 2. The van der Waals surface area contributed by atoms with E-state index in [2.05, 4.69) is 0 Å². The maximum Gasteiger partial charge on any atom is 0.261 e. The van der Waals surface area contributed by atoms with Gasteiger partial charge in [0.15, 0.2) is 0 Å². The zero-order chi connectivity index (χ0) is 17.4. The van der Waals surface area contributed by atoms with Crippen molar-refractivity contribution in [1.29, 1.82) is 0 Å². The molecule has 0 saturated carbocycles. The van der Waals surface area contributed by atoms with Crippen molar-refractivity contribution < 1.29 is 18.0 Å². The van der Waals surface area contributed by atoms with Crippen molar-refractivity contribution in [3.63, 3.8) is 0 Å². The molecule has 0 atom stereocenters. The molecule has 1 aromatic carbocycles. The Bertz CT molecular complexity index is 682. The van der Waals surface area contributed by atoms with E-state index in [9.17, 15) is 18.0 Å². The Labute approximate surface area is 137 Å². The predicted octanol–water partition coefficient (Wildman–Crippen LogP) is 1.73. The summed E-state index contributed by atoms with van der Waals surface area (Å²) in [6.45, 7) is 7.09. The van der Waals surface area contributed by atoms with Crippen molar-refractivity contribution >= 4 is 21.8 Å². The number of nitrogens with zero attached hydrogens (tertiary/aromatic N) is 2. The topological polar surface area (TPSA) is 74.8 Å². The van der Waals surface area contributed by atoms with Crippen molar-refractivity contribution in [3.8, 4) is 0 Å². The van der Waals surface area contributed by atoms with Crippen LogP contribution in [0.15, 0.2) is 24.3 Å². The van der Waals surface area contributed by atoms with E-state index in [0.29, 0.717) is 11.1 Å². The Balaban J connectivity index is 2.16. The van der Waals surface area contributed by atoms with Crippen LogP contribution in [-0.2, 0) is 10.0 Å². The van der Waals surface area contributed by atoms with Crippen LogP contribution in [0.2, 0.25) is 0 Å². The standard InChI is InChI=1S/C16H22N2O4S/c1-11(2)18(12(3)4)23(21,22)10-9-17-15(19)13-7-5-6-8-14(13)16(17)20/h5-8,11-12H,9-10H2,1-4H3. The smallest absolute Gasteiger partial charge is 0.261 e. The third kappa shape index (κ3) is 3.30. The Morgan fingerprint density at radius 2 is 1.39 bits per heavy atom. The maximum absolute atomic E-state index is 12.5. The molecule has 0 fully saturated rings. The summed E-state index contributed by atoms with van der Waals surface area (Å²) in [6, 6.07) is 6.17. The lowest BCUT2D eigenvalue weighted by Gasteiger charge is -2.30. The molecule has 0 aliphatic carbocycles. The Morgan fingerprint density at radius 3 is 1.78 bits per heavy atom. The molecule has 2 amide bonds. The van der Waals surface area contributed by atoms with Crippen LogP contribution < -0.4 is 0 Å². The first-order valence-corrected chi connectivity index (χ1v) is 9.24. The van der Waals surface area contributed by atoms with Gasteiger partial charge in [0.1, 0.15) is 0 Å². The zero-order valence-electron chi connectivity index (χ0n) is 13.8. The van der Waals surface area contributed by atoms with Crippen molar-refractivity contribution in [2.75, 3.05) is 12.3 Å². The SMILES string of the molecule is CC(C)N(C(C)C)S(=O)(=O)CCN1C(=O)c2ccccc2C1=O. The highest BCUT2D eigenvalue weighted by atomic mass is 32.2. The molecule has 6 nitrogen and oxygen atoms in total. The highest BCUT2D eigenvalue weighted by molar-refractivity contribution is 7.89. The lowest BCUT2D eigenvalue weighted by atomic mass is 10.1. The van der Waals surface area contributed by atoms with E-state index in [0.717, 1.165) is 4.90 Å². The molecule has 0 spiro atoms. The molecule has 0 saturated heterocycles. The number of imide groups is 1. The molecule has 0 aromatic heterocycles. The molecule has 7 heteroatoms. The largest absolute Gasteiger partial charge is 0.273 e. The Kier molecular flexibility index (Phi) is 4.91. The number of hydrogen-bond acceptors (Lipinski definition) is 4. The number of sulfonamides is 1. The number of fused-ring (bicyclic) bond motifs is 1. The minimum Gasteiger partial charge on any atom is -0.273 e. The molecule has 0 unspecified atom stereocenters. The van der Waals surface area contributed by atoms with Crippen LogP contribution in [0.3, 0.4) is 0 Å². The molecule has 23 heavy (non-hydrogen) atoms. The second-order valence-corrected chi connectivity index (χ2v) is 8.13. The third-order valence-electron chi connectivity index (χ3n) is 3.79. The number of amides is 2. The second-order valence-electron chi connectivity index (χ2n) is 6.14. The molecule has 0 N–H and O–H groups in total. The second kappa shape index (κ2) is 6.41. The van der Waals surface area contributed by atoms with Gasteiger partial charge in [0.25, 0.3) is 11.8 Å². The van der Waals surface area contributed by atoms with Crippen molar-refractivity contribution in [2.24, 2.45) is 0 Å². The minimum absolute atomic E-state index is 0.134. The fourth-order valence-electron chi connectivity index (χ4n) is 2.99. The number of rotatable bonds is 6. The molecule has 1 aromatic rings. The molecular weight excluding hydrogens is 316 g/mol. The van der Waals surface area contributed by atoms with Crippen molar-refractivity contribution in [1.82, 2.24) is 9.21 Å². The normalized spacial score (nSPS) is 15.2. The van der Waals surface area contributed by atoms with Crippen LogP contribution in [0.25, 0.3) is 0 Å². The van der Waals surface area contributed by atoms with E-state index >= 15 is 0 Å². The quantitative estimate of drug-likeness (QED) is 0.740.